The Morgan fingerprint density at radius 3 is 2.44 bits per heavy atom. The molecule has 1 aliphatic rings. The number of halogens is 1. The third kappa shape index (κ3) is 5.36. The van der Waals surface area contributed by atoms with Crippen molar-refractivity contribution < 1.29 is 18.0 Å². The fraction of sp³-hybridized carbons (Fsp3) is 0.409. The van der Waals surface area contributed by atoms with E-state index in [-0.39, 0.29) is 36.4 Å². The predicted molar refractivity (Wildman–Crippen MR) is 124 cm³/mol. The van der Waals surface area contributed by atoms with Crippen LogP contribution in [0.2, 0.25) is 0 Å². The van der Waals surface area contributed by atoms with Gasteiger partial charge in [0.1, 0.15) is 6.04 Å². The molecule has 2 aromatic rings. The van der Waals surface area contributed by atoms with Gasteiger partial charge in [-0.3, -0.25) is 14.6 Å². The van der Waals surface area contributed by atoms with Crippen molar-refractivity contribution in [3.05, 3.63) is 58.8 Å². The molecule has 0 bridgehead atoms. The van der Waals surface area contributed by atoms with Crippen molar-refractivity contribution in [2.24, 2.45) is 5.92 Å². The molecule has 1 aromatic carbocycles. The largest absolute Gasteiger partial charge is 0.349 e. The monoisotopic (exact) mass is 522 g/mol. The number of nitrogens with zero attached hydrogens (tertiary/aromatic N) is 3. The normalized spacial score (nSPS) is 19.7. The highest BCUT2D eigenvalue weighted by Crippen LogP contribution is 2.25. The molecule has 2 amide bonds. The van der Waals surface area contributed by atoms with Crippen LogP contribution in [-0.4, -0.2) is 59.6 Å². The van der Waals surface area contributed by atoms with Crippen molar-refractivity contribution in [2.45, 2.75) is 44.3 Å². The number of amides is 2. The van der Waals surface area contributed by atoms with E-state index in [1.54, 1.807) is 51.2 Å². The van der Waals surface area contributed by atoms with E-state index in [2.05, 4.69) is 26.2 Å². The van der Waals surface area contributed by atoms with E-state index in [0.717, 1.165) is 4.47 Å². The predicted octanol–water partition coefficient (Wildman–Crippen LogP) is 2.41. The summed E-state index contributed by atoms with van der Waals surface area (Å²) in [7, 11) is -3.80. The van der Waals surface area contributed by atoms with Crippen molar-refractivity contribution in [1.82, 2.24) is 19.5 Å². The summed E-state index contributed by atoms with van der Waals surface area (Å²) in [5, 5.41) is 2.81. The molecule has 1 aliphatic heterocycles. The van der Waals surface area contributed by atoms with E-state index < -0.39 is 28.0 Å². The highest BCUT2D eigenvalue weighted by Gasteiger charge is 2.43. The molecule has 0 spiro atoms. The van der Waals surface area contributed by atoms with Gasteiger partial charge in [-0.2, -0.15) is 4.31 Å². The number of hydrogen-bond acceptors (Lipinski definition) is 5. The van der Waals surface area contributed by atoms with Crippen LogP contribution in [0.5, 0.6) is 0 Å². The maximum absolute atomic E-state index is 13.2. The van der Waals surface area contributed by atoms with Crippen LogP contribution in [0.15, 0.2) is 58.0 Å². The van der Waals surface area contributed by atoms with Gasteiger partial charge in [0.15, 0.2) is 0 Å². The summed E-state index contributed by atoms with van der Waals surface area (Å²) in [5.41, 5.74) is 0.654. The minimum Gasteiger partial charge on any atom is -0.349 e. The molecule has 0 radical (unpaired) electrons. The van der Waals surface area contributed by atoms with Crippen LogP contribution in [0, 0.1) is 5.92 Å². The van der Waals surface area contributed by atoms with Crippen LogP contribution >= 0.6 is 15.9 Å². The lowest BCUT2D eigenvalue weighted by Gasteiger charge is -2.44. The zero-order valence-electron chi connectivity index (χ0n) is 18.2. The second-order valence-electron chi connectivity index (χ2n) is 8.09. The number of benzene rings is 1. The van der Waals surface area contributed by atoms with Gasteiger partial charge in [-0.15, -0.1) is 0 Å². The zero-order chi connectivity index (χ0) is 23.5. The Morgan fingerprint density at radius 1 is 1.16 bits per heavy atom. The summed E-state index contributed by atoms with van der Waals surface area (Å²) < 4.78 is 28.5. The molecule has 1 N–H and O–H groups in total. The minimum atomic E-state index is -3.80. The Kier molecular flexibility index (Phi) is 7.68. The fourth-order valence-electron chi connectivity index (χ4n) is 3.67. The standard InChI is InChI=1S/C22H27BrN4O4S/c1-15(2)22(29)27-16(3)13-26(32(30,31)19-7-5-4-6-8-19)14-20(27)21(28)25-12-18-10-9-17(23)11-24-18/h4-11,15-16,20H,12-14H2,1-3H3,(H,25,28)/t16-,20-/m1/s1. The Bertz CT molecular complexity index is 1060. The Morgan fingerprint density at radius 2 is 1.84 bits per heavy atom. The summed E-state index contributed by atoms with van der Waals surface area (Å²) in [6.07, 6.45) is 1.63. The second kappa shape index (κ2) is 10.1. The Balaban J connectivity index is 1.85. The van der Waals surface area contributed by atoms with Gasteiger partial charge >= 0.3 is 0 Å². The lowest BCUT2D eigenvalue weighted by atomic mass is 10.0. The molecule has 0 saturated carbocycles. The first kappa shape index (κ1) is 24.3. The minimum absolute atomic E-state index is 0.111. The third-order valence-electron chi connectivity index (χ3n) is 5.32. The highest BCUT2D eigenvalue weighted by atomic mass is 79.9. The van der Waals surface area contributed by atoms with E-state index in [1.165, 1.54) is 21.3 Å². The first-order valence-corrected chi connectivity index (χ1v) is 12.6. The Hall–Kier alpha value is -2.30. The summed E-state index contributed by atoms with van der Waals surface area (Å²) in [4.78, 5) is 32.0. The molecule has 2 atom stereocenters. The number of piperazine rings is 1. The molecular weight excluding hydrogens is 496 g/mol. The molecule has 8 nitrogen and oxygen atoms in total. The summed E-state index contributed by atoms with van der Waals surface area (Å²) in [5.74, 6) is -0.919. The average Bonchev–Trinajstić information content (AvgIpc) is 2.78. The van der Waals surface area contributed by atoms with Crippen molar-refractivity contribution in [2.75, 3.05) is 13.1 Å². The third-order valence-corrected chi connectivity index (χ3v) is 7.63. The topological polar surface area (TPSA) is 99.7 Å². The highest BCUT2D eigenvalue weighted by molar-refractivity contribution is 9.10. The zero-order valence-corrected chi connectivity index (χ0v) is 20.6. The van der Waals surface area contributed by atoms with Crippen molar-refractivity contribution in [3.8, 4) is 0 Å². The molecule has 10 heteroatoms. The maximum atomic E-state index is 13.2. The molecule has 0 unspecified atom stereocenters. The van der Waals surface area contributed by atoms with Gasteiger partial charge in [0.2, 0.25) is 21.8 Å². The summed E-state index contributed by atoms with van der Waals surface area (Å²) >= 11 is 3.32. The van der Waals surface area contributed by atoms with Gasteiger partial charge < -0.3 is 10.2 Å². The molecule has 0 aliphatic carbocycles. The molecule has 2 heterocycles. The SMILES string of the molecule is CC(C)C(=O)N1[C@H](C)CN(S(=O)(=O)c2ccccc2)C[C@@H]1C(=O)NCc1ccc(Br)cn1. The molecular formula is C22H27BrN4O4S. The fourth-order valence-corrected chi connectivity index (χ4v) is 5.45. The number of carbonyl (C=O) groups excluding carboxylic acids is 2. The number of hydrogen-bond donors (Lipinski definition) is 1. The number of sulfonamides is 1. The average molecular weight is 523 g/mol. The van der Waals surface area contributed by atoms with E-state index in [4.69, 9.17) is 0 Å². The molecule has 3 rings (SSSR count). The van der Waals surface area contributed by atoms with Crippen LogP contribution in [0.25, 0.3) is 0 Å². The Labute approximate surface area is 197 Å². The number of pyridine rings is 1. The van der Waals surface area contributed by atoms with Gasteiger partial charge in [-0.25, -0.2) is 8.42 Å². The van der Waals surface area contributed by atoms with E-state index in [9.17, 15) is 18.0 Å². The smallest absolute Gasteiger partial charge is 0.244 e. The molecule has 1 aromatic heterocycles. The lowest BCUT2D eigenvalue weighted by Crippen LogP contribution is -2.65. The molecule has 32 heavy (non-hydrogen) atoms. The summed E-state index contributed by atoms with van der Waals surface area (Å²) in [6, 6.07) is 10.3. The molecule has 172 valence electrons. The van der Waals surface area contributed by atoms with Crippen LogP contribution in [-0.2, 0) is 26.2 Å². The van der Waals surface area contributed by atoms with Crippen molar-refractivity contribution >= 4 is 37.8 Å². The molecule has 1 saturated heterocycles. The van der Waals surface area contributed by atoms with Gasteiger partial charge in [0, 0.05) is 35.7 Å². The van der Waals surface area contributed by atoms with Crippen LogP contribution in [0.1, 0.15) is 26.5 Å². The van der Waals surface area contributed by atoms with E-state index in [1.807, 2.05) is 6.07 Å². The van der Waals surface area contributed by atoms with Crippen LogP contribution in [0.3, 0.4) is 0 Å². The van der Waals surface area contributed by atoms with Gasteiger partial charge in [-0.1, -0.05) is 32.0 Å². The first-order valence-electron chi connectivity index (χ1n) is 10.4. The first-order chi connectivity index (χ1) is 15.1. The quantitative estimate of drug-likeness (QED) is 0.627. The van der Waals surface area contributed by atoms with Gasteiger partial charge in [0.05, 0.1) is 17.1 Å². The summed E-state index contributed by atoms with van der Waals surface area (Å²) in [6.45, 7) is 5.48. The second-order valence-corrected chi connectivity index (χ2v) is 10.9. The molecule has 1 fully saturated rings. The van der Waals surface area contributed by atoms with Crippen LogP contribution in [0.4, 0.5) is 0 Å². The lowest BCUT2D eigenvalue weighted by molar-refractivity contribution is -0.148. The number of nitrogens with one attached hydrogen (secondary N) is 1. The van der Waals surface area contributed by atoms with E-state index >= 15 is 0 Å². The van der Waals surface area contributed by atoms with E-state index in [0.29, 0.717) is 5.69 Å². The number of carbonyl (C=O) groups is 2. The van der Waals surface area contributed by atoms with Crippen LogP contribution < -0.4 is 5.32 Å². The number of aromatic nitrogens is 1. The number of rotatable bonds is 6. The van der Waals surface area contributed by atoms with Gasteiger partial charge in [-0.05, 0) is 47.1 Å². The van der Waals surface area contributed by atoms with Gasteiger partial charge in [0.25, 0.3) is 0 Å². The van der Waals surface area contributed by atoms with Crippen molar-refractivity contribution in [1.29, 1.82) is 0 Å². The van der Waals surface area contributed by atoms with Crippen molar-refractivity contribution in [3.63, 3.8) is 0 Å². The maximum Gasteiger partial charge on any atom is 0.244 e.